The first kappa shape index (κ1) is 18.3. The zero-order chi connectivity index (χ0) is 16.5. The van der Waals surface area contributed by atoms with Crippen molar-refractivity contribution < 1.29 is 14.3 Å². The van der Waals surface area contributed by atoms with Gasteiger partial charge in [-0.25, -0.2) is 4.79 Å². The van der Waals surface area contributed by atoms with Crippen LogP contribution in [0.5, 0.6) is 0 Å². The summed E-state index contributed by atoms with van der Waals surface area (Å²) < 4.78 is 4.88. The molecule has 2 N–H and O–H groups in total. The fraction of sp³-hybridized carbons (Fsp3) is 0.500. The number of carbonyl (C=O) groups is 2. The van der Waals surface area contributed by atoms with Crippen LogP contribution in [0, 0.1) is 5.92 Å². The molecule has 0 aliphatic carbocycles. The molecule has 0 aliphatic rings. The number of nitrogens with one attached hydrogen (secondary N) is 2. The Labute approximate surface area is 136 Å². The van der Waals surface area contributed by atoms with Crippen LogP contribution in [0.15, 0.2) is 24.3 Å². The second-order valence-corrected chi connectivity index (χ2v) is 5.84. The molecule has 0 saturated carbocycles. The van der Waals surface area contributed by atoms with Crippen molar-refractivity contribution in [2.75, 3.05) is 13.2 Å². The van der Waals surface area contributed by atoms with Gasteiger partial charge in [-0.15, -0.1) is 0 Å². The van der Waals surface area contributed by atoms with E-state index in [0.717, 1.165) is 6.42 Å². The van der Waals surface area contributed by atoms with Crippen LogP contribution in [0.2, 0.25) is 5.02 Å². The van der Waals surface area contributed by atoms with Crippen molar-refractivity contribution in [2.24, 2.45) is 5.92 Å². The summed E-state index contributed by atoms with van der Waals surface area (Å²) in [7, 11) is 0. The van der Waals surface area contributed by atoms with Gasteiger partial charge in [0.2, 0.25) is 0 Å². The van der Waals surface area contributed by atoms with E-state index in [4.69, 9.17) is 16.3 Å². The highest BCUT2D eigenvalue weighted by Gasteiger charge is 2.16. The third-order valence-electron chi connectivity index (χ3n) is 2.97. The molecule has 0 bridgehead atoms. The van der Waals surface area contributed by atoms with Gasteiger partial charge in [-0.2, -0.15) is 0 Å². The summed E-state index contributed by atoms with van der Waals surface area (Å²) in [6, 6.07) is 6.48. The molecular formula is C16H23ClN2O3. The van der Waals surface area contributed by atoms with Gasteiger partial charge in [-0.3, -0.25) is 4.79 Å². The van der Waals surface area contributed by atoms with Gasteiger partial charge in [0, 0.05) is 23.2 Å². The van der Waals surface area contributed by atoms with E-state index in [1.54, 1.807) is 31.2 Å². The van der Waals surface area contributed by atoms with Crippen LogP contribution in [0.25, 0.3) is 0 Å². The summed E-state index contributed by atoms with van der Waals surface area (Å²) in [6.45, 7) is 6.52. The van der Waals surface area contributed by atoms with Gasteiger partial charge in [0.25, 0.3) is 5.91 Å². The van der Waals surface area contributed by atoms with Gasteiger partial charge in [0.1, 0.15) is 0 Å². The summed E-state index contributed by atoms with van der Waals surface area (Å²) >= 11 is 5.80. The van der Waals surface area contributed by atoms with Gasteiger partial charge in [-0.1, -0.05) is 25.4 Å². The predicted octanol–water partition coefficient (Wildman–Crippen LogP) is 3.23. The van der Waals surface area contributed by atoms with E-state index in [0.29, 0.717) is 29.7 Å². The third-order valence-corrected chi connectivity index (χ3v) is 3.22. The minimum atomic E-state index is -0.464. The van der Waals surface area contributed by atoms with Gasteiger partial charge < -0.3 is 15.4 Å². The van der Waals surface area contributed by atoms with E-state index in [9.17, 15) is 9.59 Å². The lowest BCUT2D eigenvalue weighted by molar-refractivity contribution is 0.0944. The highest BCUT2D eigenvalue weighted by atomic mass is 35.5. The van der Waals surface area contributed by atoms with Crippen molar-refractivity contribution in [3.63, 3.8) is 0 Å². The number of halogens is 1. The van der Waals surface area contributed by atoms with Crippen molar-refractivity contribution in [1.82, 2.24) is 10.6 Å². The summed E-state index contributed by atoms with van der Waals surface area (Å²) in [5, 5.41) is 6.17. The first-order valence-corrected chi connectivity index (χ1v) is 7.77. The molecule has 6 heteroatoms. The minimum Gasteiger partial charge on any atom is -0.450 e. The Balaban J connectivity index is 2.56. The number of amides is 2. The highest BCUT2D eigenvalue weighted by Crippen LogP contribution is 2.10. The number of carbonyl (C=O) groups excluding carboxylic acids is 2. The SMILES string of the molecule is CCOC(=O)N[C@H](CNC(=O)c1ccc(Cl)cc1)CC(C)C. The standard InChI is InChI=1S/C16H23ClN2O3/c1-4-22-16(21)19-14(9-11(2)3)10-18-15(20)12-5-7-13(17)8-6-12/h5-8,11,14H,4,9-10H2,1-3H3,(H,18,20)(H,19,21)/t14-/m0/s1. The van der Waals surface area contributed by atoms with Crippen LogP contribution in [0.4, 0.5) is 4.79 Å². The Bertz CT molecular complexity index is 489. The zero-order valence-corrected chi connectivity index (χ0v) is 13.9. The number of ether oxygens (including phenoxy) is 1. The molecule has 122 valence electrons. The third kappa shape index (κ3) is 6.80. The maximum atomic E-state index is 12.1. The highest BCUT2D eigenvalue weighted by molar-refractivity contribution is 6.30. The van der Waals surface area contributed by atoms with E-state index in [1.807, 2.05) is 0 Å². The van der Waals surface area contributed by atoms with E-state index in [1.165, 1.54) is 0 Å². The topological polar surface area (TPSA) is 67.4 Å². The number of rotatable bonds is 7. The van der Waals surface area contributed by atoms with Crippen LogP contribution >= 0.6 is 11.6 Å². The molecule has 0 aliphatic heterocycles. The number of hydrogen-bond donors (Lipinski definition) is 2. The van der Waals surface area contributed by atoms with Gasteiger partial charge >= 0.3 is 6.09 Å². The first-order valence-electron chi connectivity index (χ1n) is 7.39. The number of hydrogen-bond acceptors (Lipinski definition) is 3. The molecule has 0 spiro atoms. The van der Waals surface area contributed by atoms with Crippen LogP contribution in [-0.2, 0) is 4.74 Å². The molecule has 1 rings (SSSR count). The Kier molecular flexibility index (Phi) is 7.74. The molecule has 0 saturated heterocycles. The van der Waals surface area contributed by atoms with Gasteiger partial charge in [-0.05, 0) is 43.5 Å². The first-order chi connectivity index (χ1) is 10.4. The van der Waals surface area contributed by atoms with Crippen molar-refractivity contribution in [3.05, 3.63) is 34.9 Å². The number of benzene rings is 1. The molecule has 0 heterocycles. The molecule has 0 radical (unpaired) electrons. The van der Waals surface area contributed by atoms with E-state index in [-0.39, 0.29) is 11.9 Å². The van der Waals surface area contributed by atoms with Gasteiger partial charge in [0.05, 0.1) is 6.61 Å². The molecule has 5 nitrogen and oxygen atoms in total. The van der Waals surface area contributed by atoms with E-state index >= 15 is 0 Å². The quantitative estimate of drug-likeness (QED) is 0.808. The Morgan fingerprint density at radius 1 is 1.23 bits per heavy atom. The molecule has 0 unspecified atom stereocenters. The maximum Gasteiger partial charge on any atom is 0.407 e. The van der Waals surface area contributed by atoms with Gasteiger partial charge in [0.15, 0.2) is 0 Å². The summed E-state index contributed by atoms with van der Waals surface area (Å²) in [6.07, 6.45) is 0.286. The number of alkyl carbamates (subject to hydrolysis) is 1. The summed E-state index contributed by atoms with van der Waals surface area (Å²) in [5.41, 5.74) is 0.531. The van der Waals surface area contributed by atoms with Crippen LogP contribution < -0.4 is 10.6 Å². The lowest BCUT2D eigenvalue weighted by atomic mass is 10.0. The van der Waals surface area contributed by atoms with Crippen LogP contribution in [0.3, 0.4) is 0 Å². The molecule has 0 fully saturated rings. The normalized spacial score (nSPS) is 11.9. The van der Waals surface area contributed by atoms with Crippen LogP contribution in [0.1, 0.15) is 37.6 Å². The fourth-order valence-electron chi connectivity index (χ4n) is 2.02. The van der Waals surface area contributed by atoms with Crippen molar-refractivity contribution in [1.29, 1.82) is 0 Å². The fourth-order valence-corrected chi connectivity index (χ4v) is 2.15. The molecule has 2 amide bonds. The lowest BCUT2D eigenvalue weighted by Gasteiger charge is -2.20. The predicted molar refractivity (Wildman–Crippen MR) is 87.2 cm³/mol. The Morgan fingerprint density at radius 3 is 2.41 bits per heavy atom. The second kappa shape index (κ2) is 9.30. The summed E-state index contributed by atoms with van der Waals surface area (Å²) in [5.74, 6) is 0.190. The lowest BCUT2D eigenvalue weighted by Crippen LogP contribution is -2.44. The monoisotopic (exact) mass is 326 g/mol. The van der Waals surface area contributed by atoms with Crippen molar-refractivity contribution in [2.45, 2.75) is 33.2 Å². The van der Waals surface area contributed by atoms with Crippen molar-refractivity contribution >= 4 is 23.6 Å². The molecular weight excluding hydrogens is 304 g/mol. The smallest absolute Gasteiger partial charge is 0.407 e. The summed E-state index contributed by atoms with van der Waals surface area (Å²) in [4.78, 5) is 23.6. The molecule has 1 aromatic carbocycles. The van der Waals surface area contributed by atoms with E-state index < -0.39 is 6.09 Å². The average molecular weight is 327 g/mol. The minimum absolute atomic E-state index is 0.171. The Hall–Kier alpha value is -1.75. The van der Waals surface area contributed by atoms with E-state index in [2.05, 4.69) is 24.5 Å². The van der Waals surface area contributed by atoms with Crippen molar-refractivity contribution in [3.8, 4) is 0 Å². The zero-order valence-electron chi connectivity index (χ0n) is 13.2. The molecule has 1 aromatic rings. The Morgan fingerprint density at radius 2 is 1.86 bits per heavy atom. The average Bonchev–Trinajstić information content (AvgIpc) is 2.45. The molecule has 0 aromatic heterocycles. The molecule has 22 heavy (non-hydrogen) atoms. The largest absolute Gasteiger partial charge is 0.450 e. The second-order valence-electron chi connectivity index (χ2n) is 5.41. The molecule has 1 atom stereocenters. The van der Waals surface area contributed by atoms with Crippen LogP contribution in [-0.4, -0.2) is 31.2 Å². The maximum absolute atomic E-state index is 12.1.